The molecule has 0 spiro atoms. The maximum Gasteiger partial charge on any atom is 0.254 e. The maximum atomic E-state index is 14.0. The summed E-state index contributed by atoms with van der Waals surface area (Å²) in [6, 6.07) is 1.21. The fraction of sp³-hybridized carbons (Fsp3) is 0.571. The first kappa shape index (κ1) is 16.4. The number of amides is 1. The lowest BCUT2D eigenvalue weighted by atomic mass is 10.0. The van der Waals surface area contributed by atoms with Gasteiger partial charge in [-0.3, -0.25) is 4.79 Å². The van der Waals surface area contributed by atoms with E-state index in [0.29, 0.717) is 13.2 Å². The molecule has 2 N–H and O–H groups in total. The van der Waals surface area contributed by atoms with E-state index in [1.807, 2.05) is 20.8 Å². The summed E-state index contributed by atoms with van der Waals surface area (Å²) in [6.45, 7) is 6.83. The number of nitrogens with zero attached hydrogens (tertiary/aromatic N) is 1. The standard InChI is InChI=1S/C14H22FN3O2/c1-5-20-8-11(9(2)3)18-14(19)10-6-7-17-13(16-4)12(10)15/h6-7,9,11H,5,8H2,1-4H3,(H,16,17)(H,18,19). The van der Waals surface area contributed by atoms with Crippen molar-refractivity contribution in [3.8, 4) is 0 Å². The number of hydrogen-bond donors (Lipinski definition) is 2. The highest BCUT2D eigenvalue weighted by Crippen LogP contribution is 2.15. The Hall–Kier alpha value is -1.69. The SMILES string of the molecule is CCOCC(NC(=O)c1ccnc(NC)c1F)C(C)C. The Labute approximate surface area is 118 Å². The van der Waals surface area contributed by atoms with E-state index in [1.54, 1.807) is 7.05 Å². The van der Waals surface area contributed by atoms with Crippen molar-refractivity contribution >= 4 is 11.7 Å². The van der Waals surface area contributed by atoms with Gasteiger partial charge in [0.25, 0.3) is 5.91 Å². The first-order valence-corrected chi connectivity index (χ1v) is 6.72. The molecule has 1 aromatic rings. The first-order valence-electron chi connectivity index (χ1n) is 6.72. The molecule has 1 heterocycles. The van der Waals surface area contributed by atoms with Gasteiger partial charge in [0.05, 0.1) is 18.2 Å². The zero-order chi connectivity index (χ0) is 15.1. The van der Waals surface area contributed by atoms with Crippen LogP contribution in [0.25, 0.3) is 0 Å². The highest BCUT2D eigenvalue weighted by Gasteiger charge is 2.21. The van der Waals surface area contributed by atoms with E-state index in [-0.39, 0.29) is 23.3 Å². The van der Waals surface area contributed by atoms with Gasteiger partial charge in [-0.05, 0) is 18.9 Å². The zero-order valence-corrected chi connectivity index (χ0v) is 12.4. The van der Waals surface area contributed by atoms with E-state index in [9.17, 15) is 9.18 Å². The monoisotopic (exact) mass is 283 g/mol. The van der Waals surface area contributed by atoms with E-state index in [1.165, 1.54) is 12.3 Å². The number of carbonyl (C=O) groups is 1. The van der Waals surface area contributed by atoms with Crippen molar-refractivity contribution in [2.75, 3.05) is 25.6 Å². The Bertz CT molecular complexity index is 452. The summed E-state index contributed by atoms with van der Waals surface area (Å²) in [5, 5.41) is 5.41. The highest BCUT2D eigenvalue weighted by atomic mass is 19.1. The highest BCUT2D eigenvalue weighted by molar-refractivity contribution is 5.95. The normalized spacial score (nSPS) is 12.3. The van der Waals surface area contributed by atoms with Gasteiger partial charge in [-0.1, -0.05) is 13.8 Å². The summed E-state index contributed by atoms with van der Waals surface area (Å²) in [6.07, 6.45) is 1.40. The molecule has 0 bridgehead atoms. The van der Waals surface area contributed by atoms with Crippen molar-refractivity contribution < 1.29 is 13.9 Å². The van der Waals surface area contributed by atoms with E-state index in [2.05, 4.69) is 15.6 Å². The lowest BCUT2D eigenvalue weighted by Gasteiger charge is -2.22. The van der Waals surface area contributed by atoms with E-state index < -0.39 is 11.7 Å². The molecular weight excluding hydrogens is 261 g/mol. The van der Waals surface area contributed by atoms with Gasteiger partial charge >= 0.3 is 0 Å². The van der Waals surface area contributed by atoms with Gasteiger partial charge in [0.15, 0.2) is 11.6 Å². The van der Waals surface area contributed by atoms with Crippen LogP contribution in [-0.4, -0.2) is 37.2 Å². The van der Waals surface area contributed by atoms with Crippen molar-refractivity contribution in [3.05, 3.63) is 23.6 Å². The van der Waals surface area contributed by atoms with Gasteiger partial charge < -0.3 is 15.4 Å². The number of rotatable bonds is 7. The number of nitrogens with one attached hydrogen (secondary N) is 2. The van der Waals surface area contributed by atoms with Crippen LogP contribution >= 0.6 is 0 Å². The summed E-state index contributed by atoms with van der Waals surface area (Å²) < 4.78 is 19.3. The minimum absolute atomic E-state index is 0.0218. The van der Waals surface area contributed by atoms with Gasteiger partial charge in [-0.2, -0.15) is 0 Å². The number of hydrogen-bond acceptors (Lipinski definition) is 4. The Morgan fingerprint density at radius 2 is 2.20 bits per heavy atom. The number of carbonyl (C=O) groups excluding carboxylic acids is 1. The fourth-order valence-corrected chi connectivity index (χ4v) is 1.69. The number of anilines is 1. The molecule has 0 radical (unpaired) electrons. The third kappa shape index (κ3) is 4.16. The molecule has 0 saturated carbocycles. The zero-order valence-electron chi connectivity index (χ0n) is 12.4. The fourth-order valence-electron chi connectivity index (χ4n) is 1.69. The van der Waals surface area contributed by atoms with Crippen LogP contribution in [0.4, 0.5) is 10.2 Å². The smallest absolute Gasteiger partial charge is 0.254 e. The summed E-state index contributed by atoms with van der Waals surface area (Å²) in [4.78, 5) is 16.0. The lowest BCUT2D eigenvalue weighted by Crippen LogP contribution is -2.42. The Morgan fingerprint density at radius 3 is 2.75 bits per heavy atom. The molecule has 0 aliphatic rings. The molecule has 0 aliphatic carbocycles. The molecule has 0 saturated heterocycles. The van der Waals surface area contributed by atoms with Crippen LogP contribution in [0.2, 0.25) is 0 Å². The van der Waals surface area contributed by atoms with E-state index >= 15 is 0 Å². The average molecular weight is 283 g/mol. The molecule has 0 aromatic carbocycles. The second-order valence-corrected chi connectivity index (χ2v) is 4.75. The van der Waals surface area contributed by atoms with Gasteiger partial charge in [0, 0.05) is 19.9 Å². The molecule has 0 fully saturated rings. The molecule has 20 heavy (non-hydrogen) atoms. The third-order valence-corrected chi connectivity index (χ3v) is 2.99. The largest absolute Gasteiger partial charge is 0.380 e. The Balaban J connectivity index is 2.83. The molecule has 6 heteroatoms. The second-order valence-electron chi connectivity index (χ2n) is 4.75. The second kappa shape index (κ2) is 7.79. The molecule has 5 nitrogen and oxygen atoms in total. The molecule has 112 valence electrons. The van der Waals surface area contributed by atoms with Gasteiger partial charge in [-0.25, -0.2) is 9.37 Å². The number of ether oxygens (including phenoxy) is 1. The Morgan fingerprint density at radius 1 is 1.50 bits per heavy atom. The van der Waals surface area contributed by atoms with Crippen molar-refractivity contribution in [2.45, 2.75) is 26.8 Å². The van der Waals surface area contributed by atoms with Crippen LogP contribution in [0, 0.1) is 11.7 Å². The molecule has 1 aromatic heterocycles. The quantitative estimate of drug-likeness (QED) is 0.804. The van der Waals surface area contributed by atoms with Gasteiger partial charge in [-0.15, -0.1) is 0 Å². The number of halogens is 1. The van der Waals surface area contributed by atoms with Gasteiger partial charge in [0.1, 0.15) is 0 Å². The van der Waals surface area contributed by atoms with Crippen LogP contribution in [0.15, 0.2) is 12.3 Å². The van der Waals surface area contributed by atoms with E-state index in [0.717, 1.165) is 0 Å². The van der Waals surface area contributed by atoms with Crippen molar-refractivity contribution in [2.24, 2.45) is 5.92 Å². The van der Waals surface area contributed by atoms with Crippen LogP contribution < -0.4 is 10.6 Å². The topological polar surface area (TPSA) is 63.2 Å². The van der Waals surface area contributed by atoms with Crippen molar-refractivity contribution in [3.63, 3.8) is 0 Å². The lowest BCUT2D eigenvalue weighted by molar-refractivity contribution is 0.0803. The third-order valence-electron chi connectivity index (χ3n) is 2.99. The summed E-state index contributed by atoms with van der Waals surface area (Å²) >= 11 is 0. The maximum absolute atomic E-state index is 14.0. The number of pyridine rings is 1. The van der Waals surface area contributed by atoms with Gasteiger partial charge in [0.2, 0.25) is 0 Å². The predicted octanol–water partition coefficient (Wildman–Crippen LogP) is 2.05. The summed E-state index contributed by atoms with van der Waals surface area (Å²) in [5.74, 6) is -0.853. The molecule has 1 atom stereocenters. The molecule has 1 rings (SSSR count). The minimum Gasteiger partial charge on any atom is -0.380 e. The molecule has 0 aliphatic heterocycles. The minimum atomic E-state index is -0.647. The summed E-state index contributed by atoms with van der Waals surface area (Å²) in [5.41, 5.74) is -0.0218. The van der Waals surface area contributed by atoms with Crippen LogP contribution in [0.1, 0.15) is 31.1 Å². The average Bonchev–Trinajstić information content (AvgIpc) is 2.43. The van der Waals surface area contributed by atoms with Crippen LogP contribution in [-0.2, 0) is 4.74 Å². The summed E-state index contributed by atoms with van der Waals surface area (Å²) in [7, 11) is 1.55. The molecular formula is C14H22FN3O2. The Kier molecular flexibility index (Phi) is 6.38. The molecule has 1 amide bonds. The molecule has 1 unspecified atom stereocenters. The first-order chi connectivity index (χ1) is 9.51. The van der Waals surface area contributed by atoms with Crippen molar-refractivity contribution in [1.29, 1.82) is 0 Å². The number of aromatic nitrogens is 1. The van der Waals surface area contributed by atoms with Crippen LogP contribution in [0.3, 0.4) is 0 Å². The predicted molar refractivity (Wildman–Crippen MR) is 76.3 cm³/mol. The van der Waals surface area contributed by atoms with Crippen LogP contribution in [0.5, 0.6) is 0 Å². The van der Waals surface area contributed by atoms with E-state index in [4.69, 9.17) is 4.74 Å². The van der Waals surface area contributed by atoms with Crippen molar-refractivity contribution in [1.82, 2.24) is 10.3 Å².